The summed E-state index contributed by atoms with van der Waals surface area (Å²) in [5, 5.41) is 7.16. The first-order valence-corrected chi connectivity index (χ1v) is 8.88. The average molecular weight is 364 g/mol. The summed E-state index contributed by atoms with van der Waals surface area (Å²) in [4.78, 5) is 25.6. The Morgan fingerprint density at radius 3 is 2.85 bits per heavy atom. The van der Waals surface area contributed by atoms with Crippen LogP contribution in [0.5, 0.6) is 0 Å². The molecule has 0 radical (unpaired) electrons. The summed E-state index contributed by atoms with van der Waals surface area (Å²) in [5.41, 5.74) is 3.66. The second-order valence-electron chi connectivity index (χ2n) is 6.52. The summed E-state index contributed by atoms with van der Waals surface area (Å²) in [6.45, 7) is 4.28. The molecule has 0 bridgehead atoms. The van der Waals surface area contributed by atoms with E-state index < -0.39 is 6.04 Å². The predicted octanol–water partition coefficient (Wildman–Crippen LogP) is 2.82. The number of benzene rings is 1. The highest BCUT2D eigenvalue weighted by molar-refractivity contribution is 5.83. The number of aryl methyl sites for hydroxylation is 1. The highest BCUT2D eigenvalue weighted by atomic mass is 16.3. The molecule has 3 aromatic heterocycles. The molecular formula is C20H20N4O3. The van der Waals surface area contributed by atoms with Crippen molar-refractivity contribution >= 4 is 22.5 Å². The maximum Gasteiger partial charge on any atom is 0.291 e. The summed E-state index contributed by atoms with van der Waals surface area (Å²) in [6, 6.07) is 10.7. The second-order valence-corrected chi connectivity index (χ2v) is 6.52. The highest BCUT2D eigenvalue weighted by Gasteiger charge is 2.22. The van der Waals surface area contributed by atoms with Crippen molar-refractivity contribution in [2.24, 2.45) is 0 Å². The first-order chi connectivity index (χ1) is 13.1. The minimum absolute atomic E-state index is 0.227. The van der Waals surface area contributed by atoms with Crippen molar-refractivity contribution in [1.29, 1.82) is 0 Å². The molecule has 0 aliphatic carbocycles. The minimum Gasteiger partial charge on any atom is -0.463 e. The number of hydrogen-bond acceptors (Lipinski definition) is 4. The van der Waals surface area contributed by atoms with Crippen LogP contribution in [0.4, 0.5) is 0 Å². The van der Waals surface area contributed by atoms with Gasteiger partial charge in [0.15, 0.2) is 5.58 Å². The maximum atomic E-state index is 12.9. The molecule has 0 spiro atoms. The Kier molecular flexibility index (Phi) is 4.27. The molecule has 4 aromatic rings. The van der Waals surface area contributed by atoms with E-state index in [9.17, 15) is 9.59 Å². The van der Waals surface area contributed by atoms with Crippen molar-refractivity contribution in [3.63, 3.8) is 0 Å². The van der Waals surface area contributed by atoms with Crippen molar-refractivity contribution in [3.05, 3.63) is 70.5 Å². The van der Waals surface area contributed by atoms with E-state index in [1.54, 1.807) is 29.1 Å². The molecule has 1 atom stereocenters. The summed E-state index contributed by atoms with van der Waals surface area (Å²) >= 11 is 0. The number of carbonyl (C=O) groups is 1. The molecule has 1 aromatic carbocycles. The van der Waals surface area contributed by atoms with Gasteiger partial charge in [0.05, 0.1) is 11.8 Å². The molecule has 138 valence electrons. The van der Waals surface area contributed by atoms with Crippen molar-refractivity contribution < 1.29 is 9.21 Å². The van der Waals surface area contributed by atoms with Gasteiger partial charge >= 0.3 is 0 Å². The van der Waals surface area contributed by atoms with Crippen molar-refractivity contribution in [1.82, 2.24) is 19.5 Å². The lowest BCUT2D eigenvalue weighted by Crippen LogP contribution is -2.38. The minimum atomic E-state index is -0.673. The smallest absolute Gasteiger partial charge is 0.291 e. The Balaban J connectivity index is 1.63. The van der Waals surface area contributed by atoms with E-state index in [1.807, 2.05) is 38.1 Å². The molecule has 4 rings (SSSR count). The van der Waals surface area contributed by atoms with Gasteiger partial charge in [-0.15, -0.1) is 0 Å². The number of rotatable bonds is 5. The first-order valence-electron chi connectivity index (χ1n) is 8.88. The zero-order valence-electron chi connectivity index (χ0n) is 15.2. The zero-order chi connectivity index (χ0) is 19.0. The lowest BCUT2D eigenvalue weighted by Gasteiger charge is -2.17. The van der Waals surface area contributed by atoms with Gasteiger partial charge in [0.2, 0.25) is 5.91 Å². The molecule has 1 amide bonds. The standard InChI is InChI=1S/C20H20N4O3/c1-3-15(19(25)21-11-14-7-5-4-6-13(14)2)24-20(26)17-10-18-16(8-9-27-18)23(17)12-22-24/h4-10,12,15H,3,11H2,1-2H3,(H,21,25). The normalized spacial score (nSPS) is 12.5. The highest BCUT2D eigenvalue weighted by Crippen LogP contribution is 2.19. The molecule has 7 heteroatoms. The lowest BCUT2D eigenvalue weighted by molar-refractivity contribution is -0.125. The number of amides is 1. The quantitative estimate of drug-likeness (QED) is 0.590. The number of carbonyl (C=O) groups excluding carboxylic acids is 1. The van der Waals surface area contributed by atoms with Gasteiger partial charge < -0.3 is 9.73 Å². The number of furan rings is 1. The SMILES string of the molecule is CCC(C(=O)NCc1ccccc1C)n1ncn2c(cc3occc32)c1=O. The monoisotopic (exact) mass is 364 g/mol. The summed E-state index contributed by atoms with van der Waals surface area (Å²) < 4.78 is 8.28. The maximum absolute atomic E-state index is 12.9. The lowest BCUT2D eigenvalue weighted by atomic mass is 10.1. The van der Waals surface area contributed by atoms with Crippen molar-refractivity contribution in [3.8, 4) is 0 Å². The first kappa shape index (κ1) is 17.1. The fourth-order valence-electron chi connectivity index (χ4n) is 3.31. The number of nitrogens with zero attached hydrogens (tertiary/aromatic N) is 3. The Bertz CT molecular complexity index is 1180. The van der Waals surface area contributed by atoms with Crippen LogP contribution < -0.4 is 10.9 Å². The molecule has 1 N–H and O–H groups in total. The van der Waals surface area contributed by atoms with Gasteiger partial charge in [0.25, 0.3) is 5.56 Å². The van der Waals surface area contributed by atoms with Crippen molar-refractivity contribution in [2.75, 3.05) is 0 Å². The molecule has 7 nitrogen and oxygen atoms in total. The van der Waals surface area contributed by atoms with E-state index in [0.29, 0.717) is 24.1 Å². The van der Waals surface area contributed by atoms with E-state index in [2.05, 4.69) is 10.4 Å². The molecular weight excluding hydrogens is 344 g/mol. The van der Waals surface area contributed by atoms with E-state index in [1.165, 1.54) is 4.68 Å². The van der Waals surface area contributed by atoms with E-state index in [-0.39, 0.29) is 11.5 Å². The fourth-order valence-corrected chi connectivity index (χ4v) is 3.31. The fraction of sp³-hybridized carbons (Fsp3) is 0.250. The molecule has 0 aliphatic rings. The predicted molar refractivity (Wildman–Crippen MR) is 102 cm³/mol. The Morgan fingerprint density at radius 2 is 2.07 bits per heavy atom. The Hall–Kier alpha value is -3.35. The summed E-state index contributed by atoms with van der Waals surface area (Å²) in [7, 11) is 0. The van der Waals surface area contributed by atoms with E-state index in [0.717, 1.165) is 16.6 Å². The number of nitrogens with one attached hydrogen (secondary N) is 1. The van der Waals surface area contributed by atoms with Gasteiger partial charge in [0, 0.05) is 18.7 Å². The molecule has 0 saturated heterocycles. The summed E-state index contributed by atoms with van der Waals surface area (Å²) in [6.07, 6.45) is 3.57. The van der Waals surface area contributed by atoms with Crippen LogP contribution >= 0.6 is 0 Å². The number of fused-ring (bicyclic) bond motifs is 3. The Morgan fingerprint density at radius 1 is 1.26 bits per heavy atom. The van der Waals surface area contributed by atoms with Crippen LogP contribution in [0.25, 0.3) is 16.6 Å². The van der Waals surface area contributed by atoms with Crippen LogP contribution in [0, 0.1) is 6.92 Å². The third-order valence-electron chi connectivity index (χ3n) is 4.88. The molecule has 0 saturated carbocycles. The summed E-state index contributed by atoms with van der Waals surface area (Å²) in [5.74, 6) is -0.227. The van der Waals surface area contributed by atoms with Gasteiger partial charge in [0.1, 0.15) is 17.9 Å². The average Bonchev–Trinajstić information content (AvgIpc) is 3.25. The van der Waals surface area contributed by atoms with Gasteiger partial charge in [-0.1, -0.05) is 31.2 Å². The molecule has 3 heterocycles. The van der Waals surface area contributed by atoms with Crippen LogP contribution in [0.1, 0.15) is 30.5 Å². The van der Waals surface area contributed by atoms with Crippen molar-refractivity contribution in [2.45, 2.75) is 32.9 Å². The van der Waals surface area contributed by atoms with Crippen LogP contribution in [0.3, 0.4) is 0 Å². The van der Waals surface area contributed by atoms with Crippen LogP contribution in [-0.4, -0.2) is 20.1 Å². The molecule has 27 heavy (non-hydrogen) atoms. The molecule has 1 unspecified atom stereocenters. The third kappa shape index (κ3) is 2.91. The second kappa shape index (κ2) is 6.75. The third-order valence-corrected chi connectivity index (χ3v) is 4.88. The zero-order valence-corrected chi connectivity index (χ0v) is 15.2. The van der Waals surface area contributed by atoms with Crippen LogP contribution in [-0.2, 0) is 11.3 Å². The van der Waals surface area contributed by atoms with Gasteiger partial charge in [-0.05, 0) is 24.5 Å². The number of hydrogen-bond donors (Lipinski definition) is 1. The number of aromatic nitrogens is 3. The Labute approximate surface area is 155 Å². The molecule has 0 fully saturated rings. The van der Waals surface area contributed by atoms with Gasteiger partial charge in [-0.3, -0.25) is 14.0 Å². The van der Waals surface area contributed by atoms with E-state index in [4.69, 9.17) is 4.42 Å². The van der Waals surface area contributed by atoms with E-state index >= 15 is 0 Å². The van der Waals surface area contributed by atoms with Gasteiger partial charge in [-0.2, -0.15) is 5.10 Å². The van der Waals surface area contributed by atoms with Gasteiger partial charge in [-0.25, -0.2) is 4.68 Å². The largest absolute Gasteiger partial charge is 0.463 e. The topological polar surface area (TPSA) is 81.5 Å². The van der Waals surface area contributed by atoms with Crippen LogP contribution in [0.2, 0.25) is 0 Å². The van der Waals surface area contributed by atoms with Crippen LogP contribution in [0.15, 0.2) is 58.2 Å². The molecule has 0 aliphatic heterocycles.